The molecule has 0 bridgehead atoms. The smallest absolute Gasteiger partial charge is 0.338 e. The number of hydrogen-bond acceptors (Lipinski definition) is 6. The van der Waals surface area contributed by atoms with Crippen LogP contribution in [-0.4, -0.2) is 34.9 Å². The van der Waals surface area contributed by atoms with Gasteiger partial charge in [-0.05, 0) is 85.6 Å². The zero-order chi connectivity index (χ0) is 33.0. The molecule has 1 aromatic heterocycles. The molecule has 48 heavy (non-hydrogen) atoms. The molecule has 0 aliphatic heterocycles. The minimum atomic E-state index is -0.400. The van der Waals surface area contributed by atoms with Crippen molar-refractivity contribution in [1.29, 1.82) is 0 Å². The minimum Gasteiger partial charge on any atom is -0.497 e. The van der Waals surface area contributed by atoms with Gasteiger partial charge in [-0.15, -0.1) is 0 Å². The van der Waals surface area contributed by atoms with E-state index in [1.807, 2.05) is 91.0 Å². The highest BCUT2D eigenvalue weighted by molar-refractivity contribution is 6.51. The molecule has 5 aromatic carbocycles. The Hall–Kier alpha value is -5.82. The van der Waals surface area contributed by atoms with Crippen LogP contribution in [0.15, 0.2) is 126 Å². The number of methoxy groups -OCH3 is 1. The molecular formula is C41H34N2O5. The normalized spacial score (nSPS) is 13.8. The van der Waals surface area contributed by atoms with E-state index in [9.17, 15) is 14.4 Å². The van der Waals surface area contributed by atoms with E-state index < -0.39 is 5.97 Å². The van der Waals surface area contributed by atoms with Crippen molar-refractivity contribution in [2.45, 2.75) is 32.1 Å². The van der Waals surface area contributed by atoms with E-state index in [0.29, 0.717) is 28.0 Å². The number of aromatic nitrogens is 1. The summed E-state index contributed by atoms with van der Waals surface area (Å²) in [6.07, 6.45) is 4.62. The van der Waals surface area contributed by atoms with Crippen LogP contribution in [0.4, 0.5) is 0 Å². The number of ketones is 2. The van der Waals surface area contributed by atoms with Gasteiger partial charge in [0.25, 0.3) is 0 Å². The van der Waals surface area contributed by atoms with Crippen LogP contribution in [0, 0.1) is 5.92 Å². The van der Waals surface area contributed by atoms with E-state index in [1.54, 1.807) is 37.4 Å². The van der Waals surface area contributed by atoms with Crippen molar-refractivity contribution >= 4 is 45.1 Å². The molecule has 7 heteroatoms. The van der Waals surface area contributed by atoms with Crippen LogP contribution in [0.2, 0.25) is 0 Å². The van der Waals surface area contributed by atoms with Gasteiger partial charge in [0.15, 0.2) is 11.5 Å². The zero-order valence-corrected chi connectivity index (χ0v) is 26.6. The van der Waals surface area contributed by atoms with Crippen molar-refractivity contribution < 1.29 is 24.0 Å². The summed E-state index contributed by atoms with van der Waals surface area (Å²) >= 11 is 0. The van der Waals surface area contributed by atoms with Crippen LogP contribution in [0.5, 0.6) is 5.75 Å². The average Bonchev–Trinajstić information content (AvgIpc) is 3.49. The maximum absolute atomic E-state index is 14.2. The molecule has 0 radical (unpaired) electrons. The van der Waals surface area contributed by atoms with E-state index in [0.717, 1.165) is 59.6 Å². The molecule has 1 fully saturated rings. The molecule has 1 aliphatic carbocycles. The fourth-order valence-electron chi connectivity index (χ4n) is 6.52. The van der Waals surface area contributed by atoms with E-state index in [1.165, 1.54) is 0 Å². The molecule has 6 aromatic rings. The Kier molecular flexibility index (Phi) is 8.67. The molecule has 0 amide bonds. The molecule has 7 nitrogen and oxygen atoms in total. The molecule has 0 saturated heterocycles. The Labute approximate surface area is 278 Å². The predicted octanol–water partition coefficient (Wildman–Crippen LogP) is 8.73. The first-order valence-corrected chi connectivity index (χ1v) is 16.2. The molecule has 1 saturated carbocycles. The third-order valence-corrected chi connectivity index (χ3v) is 9.10. The van der Waals surface area contributed by atoms with Gasteiger partial charge >= 0.3 is 5.97 Å². The van der Waals surface area contributed by atoms with Gasteiger partial charge in [-0.3, -0.25) is 9.59 Å². The highest BCUT2D eigenvalue weighted by Crippen LogP contribution is 2.33. The summed E-state index contributed by atoms with van der Waals surface area (Å²) in [5, 5.41) is 6.04. The number of oxime groups is 1. The number of carbonyl (C=O) groups is 3. The topological polar surface area (TPSA) is 87.0 Å². The second-order valence-electron chi connectivity index (χ2n) is 12.1. The van der Waals surface area contributed by atoms with Gasteiger partial charge in [0.05, 0.1) is 24.1 Å². The molecule has 0 N–H and O–H groups in total. The quantitative estimate of drug-likeness (QED) is 0.0687. The van der Waals surface area contributed by atoms with Crippen molar-refractivity contribution in [3.8, 4) is 11.4 Å². The van der Waals surface area contributed by atoms with E-state index in [2.05, 4.69) is 9.72 Å². The molecule has 238 valence electrons. The zero-order valence-electron chi connectivity index (χ0n) is 26.6. The highest BCUT2D eigenvalue weighted by Gasteiger charge is 2.25. The minimum absolute atomic E-state index is 0.0359. The molecule has 0 atom stereocenters. The molecular weight excluding hydrogens is 600 g/mol. The summed E-state index contributed by atoms with van der Waals surface area (Å²) in [7, 11) is 1.57. The van der Waals surface area contributed by atoms with Gasteiger partial charge in [0, 0.05) is 38.7 Å². The lowest BCUT2D eigenvalue weighted by atomic mass is 9.89. The number of para-hydroxylation sites is 1. The standard InChI is InChI=1S/C41H34N2O5/c1-47-33-23-18-27(19-24-33)38(42-48-41(46)30-12-6-3-7-13-30)40(45)31-20-25-37-35(26-31)34-14-8-9-15-36(34)43(37)32-21-16-29(17-22-32)39(44)28-10-4-2-5-11-28/h2,4-5,8-11,14-26,30H,3,6-7,12-13H2,1H3. The molecule has 1 aliphatic rings. The number of hydrogen-bond donors (Lipinski definition) is 0. The molecule has 0 unspecified atom stereocenters. The first-order valence-electron chi connectivity index (χ1n) is 16.2. The lowest BCUT2D eigenvalue weighted by Crippen LogP contribution is -2.21. The summed E-state index contributed by atoms with van der Waals surface area (Å²) in [6.45, 7) is 0. The Morgan fingerprint density at radius 3 is 2.00 bits per heavy atom. The second-order valence-corrected chi connectivity index (χ2v) is 12.1. The number of ether oxygens (including phenoxy) is 1. The average molecular weight is 635 g/mol. The van der Waals surface area contributed by atoms with E-state index in [-0.39, 0.29) is 23.2 Å². The van der Waals surface area contributed by atoms with Gasteiger partial charge < -0.3 is 14.1 Å². The van der Waals surface area contributed by atoms with Crippen LogP contribution >= 0.6 is 0 Å². The SMILES string of the molecule is COc1ccc(C(=NOC(=O)C2CCCCC2)C(=O)c2ccc3c(c2)c2ccccc2n3-c2ccc(C(=O)c3ccccc3)cc2)cc1. The summed E-state index contributed by atoms with van der Waals surface area (Å²) in [5.41, 5.74) is 4.98. The summed E-state index contributed by atoms with van der Waals surface area (Å²) in [5.74, 6) is -0.368. The number of nitrogens with zero attached hydrogens (tertiary/aromatic N) is 2. The van der Waals surface area contributed by atoms with Crippen LogP contribution in [0.1, 0.15) is 63.9 Å². The summed E-state index contributed by atoms with van der Waals surface area (Å²) in [4.78, 5) is 45.6. The maximum atomic E-state index is 14.2. The van der Waals surface area contributed by atoms with Crippen LogP contribution in [0.3, 0.4) is 0 Å². The molecule has 0 spiro atoms. The number of carbonyl (C=O) groups excluding carboxylic acids is 3. The van der Waals surface area contributed by atoms with Gasteiger partial charge in [-0.1, -0.05) is 72.9 Å². The van der Waals surface area contributed by atoms with Gasteiger partial charge in [0.2, 0.25) is 5.78 Å². The maximum Gasteiger partial charge on any atom is 0.338 e. The fourth-order valence-corrected chi connectivity index (χ4v) is 6.52. The van der Waals surface area contributed by atoms with Gasteiger partial charge in [-0.2, -0.15) is 0 Å². The lowest BCUT2D eigenvalue weighted by molar-refractivity contribution is -0.149. The Balaban J connectivity index is 1.26. The van der Waals surface area contributed by atoms with Crippen LogP contribution in [-0.2, 0) is 9.63 Å². The third-order valence-electron chi connectivity index (χ3n) is 9.10. The fraction of sp³-hybridized carbons (Fsp3) is 0.171. The lowest BCUT2D eigenvalue weighted by Gasteiger charge is -2.18. The highest BCUT2D eigenvalue weighted by atomic mass is 16.7. The van der Waals surface area contributed by atoms with Crippen LogP contribution < -0.4 is 4.74 Å². The summed E-state index contributed by atoms with van der Waals surface area (Å²) < 4.78 is 7.43. The van der Waals surface area contributed by atoms with Crippen molar-refractivity contribution in [2.24, 2.45) is 11.1 Å². The van der Waals surface area contributed by atoms with E-state index in [4.69, 9.17) is 9.57 Å². The Morgan fingerprint density at radius 2 is 1.27 bits per heavy atom. The third kappa shape index (κ3) is 6.02. The Bertz CT molecular complexity index is 2160. The van der Waals surface area contributed by atoms with Gasteiger partial charge in [-0.25, -0.2) is 4.79 Å². The van der Waals surface area contributed by atoms with Gasteiger partial charge in [0.1, 0.15) is 5.75 Å². The summed E-state index contributed by atoms with van der Waals surface area (Å²) in [6, 6.07) is 37.3. The number of fused-ring (bicyclic) bond motifs is 3. The van der Waals surface area contributed by atoms with E-state index >= 15 is 0 Å². The molecule has 7 rings (SSSR count). The number of Topliss-reactive ketones (excluding diaryl/α,β-unsaturated/α-hetero) is 1. The van der Waals surface area contributed by atoms with Crippen molar-refractivity contribution in [2.75, 3.05) is 7.11 Å². The predicted molar refractivity (Wildman–Crippen MR) is 187 cm³/mol. The first-order chi connectivity index (χ1) is 23.5. The number of rotatable bonds is 9. The van der Waals surface area contributed by atoms with Crippen molar-refractivity contribution in [1.82, 2.24) is 4.57 Å². The molecule has 1 heterocycles. The second kappa shape index (κ2) is 13.5. The monoisotopic (exact) mass is 634 g/mol. The van der Waals surface area contributed by atoms with Crippen LogP contribution in [0.25, 0.3) is 27.5 Å². The van der Waals surface area contributed by atoms with Crippen molar-refractivity contribution in [3.63, 3.8) is 0 Å². The number of benzene rings is 5. The largest absolute Gasteiger partial charge is 0.497 e. The van der Waals surface area contributed by atoms with Crippen molar-refractivity contribution in [3.05, 3.63) is 144 Å². The first kappa shape index (κ1) is 30.8. The Morgan fingerprint density at radius 1 is 0.646 bits per heavy atom.